The number of fused-ring (bicyclic) bond motifs is 16. The van der Waals surface area contributed by atoms with E-state index in [0.29, 0.717) is 79.1 Å². The number of ether oxygens (including phenoxy) is 5. The van der Waals surface area contributed by atoms with Gasteiger partial charge in [-0.3, -0.25) is 24.0 Å². The molecule has 1 aromatic carbocycles. The first kappa shape index (κ1) is 60.7. The van der Waals surface area contributed by atoms with Gasteiger partial charge in [-0.25, -0.2) is 9.86 Å². The molecule has 1 aromatic rings. The van der Waals surface area contributed by atoms with Crippen LogP contribution in [0.2, 0.25) is 10.0 Å². The third-order valence-electron chi connectivity index (χ3n) is 16.6. The topological polar surface area (TPSA) is 208 Å². The van der Waals surface area contributed by atoms with Crippen molar-refractivity contribution in [3.8, 4) is 0 Å². The number of hydroxylamine groups is 1. The number of anilines is 1. The first-order chi connectivity index (χ1) is 35.5. The van der Waals surface area contributed by atoms with Crippen LogP contribution in [0.15, 0.2) is 53.6 Å². The number of methoxy groups -OCH3 is 3. The van der Waals surface area contributed by atoms with Crippen LogP contribution in [0.3, 0.4) is 0 Å². The number of allylic oxidation sites excluding steroid dienone is 1. The Morgan fingerprint density at radius 3 is 2.21 bits per heavy atom. The summed E-state index contributed by atoms with van der Waals surface area (Å²) in [5.74, 6) is -8.85. The lowest BCUT2D eigenvalue weighted by Crippen LogP contribution is -2.61. The van der Waals surface area contributed by atoms with Gasteiger partial charge in [-0.1, -0.05) is 82.1 Å². The molecule has 16 nitrogen and oxygen atoms in total. The molecule has 0 spiro atoms. The number of hydrogen-bond acceptors (Lipinski definition) is 15. The first-order valence-corrected chi connectivity index (χ1v) is 27.7. The SMILES string of the molecule is CO[C@H]1C[C@@H]2CC[C@@H](C)[C@@](O)(O2)C(=O)C(=O)N2CCCC[C@H]2C(=O)O[C@H]([C@H](C)C[C@@H]2CC[C@@H](O)[C@H](OC)C2)CC(=O)[C@H](C)C=C(C)[C@@H](O)[C@@H](OC)C(=O)[C@H](C)C[C@H](C)C2C=CC(C=C1C)ON2c1c(Cl)cccc1Cl. The van der Waals surface area contributed by atoms with Crippen LogP contribution in [0.1, 0.15) is 126 Å². The number of nitrogens with zero attached hydrogens (tertiary/aromatic N) is 2. The minimum atomic E-state index is -2.50. The Balaban J connectivity index is 1.37. The Kier molecular flexibility index (Phi) is 21.7. The minimum Gasteiger partial charge on any atom is -0.460 e. The van der Waals surface area contributed by atoms with Crippen molar-refractivity contribution in [2.45, 2.75) is 192 Å². The van der Waals surface area contributed by atoms with E-state index in [9.17, 15) is 39.3 Å². The van der Waals surface area contributed by atoms with Crippen molar-refractivity contribution >= 4 is 58.1 Å². The molecule has 75 heavy (non-hydrogen) atoms. The summed E-state index contributed by atoms with van der Waals surface area (Å²) in [4.78, 5) is 79.9. The second-order valence-electron chi connectivity index (χ2n) is 22.2. The molecule has 18 heteroatoms. The summed E-state index contributed by atoms with van der Waals surface area (Å²) in [6.07, 6.45) is 5.60. The zero-order chi connectivity index (χ0) is 55.1. The highest BCUT2D eigenvalue weighted by Gasteiger charge is 2.53. The molecule has 1 amide bonds. The Morgan fingerprint density at radius 1 is 0.840 bits per heavy atom. The Morgan fingerprint density at radius 2 is 1.55 bits per heavy atom. The Bertz CT molecular complexity index is 2250. The van der Waals surface area contributed by atoms with Crippen LogP contribution < -0.4 is 5.06 Å². The highest BCUT2D eigenvalue weighted by Crippen LogP contribution is 2.41. The number of Topliss-reactive ketones (excluding diaryl/α,β-unsaturated/α-hetero) is 3. The molecule has 2 unspecified atom stereocenters. The lowest BCUT2D eigenvalue weighted by atomic mass is 9.78. The minimum absolute atomic E-state index is 0.0561. The van der Waals surface area contributed by atoms with Gasteiger partial charge in [-0.15, -0.1) is 0 Å². The molecule has 5 heterocycles. The third-order valence-corrected chi connectivity index (χ3v) is 17.2. The number of aliphatic hydroxyl groups excluding tert-OH is 2. The second-order valence-corrected chi connectivity index (χ2v) is 23.0. The highest BCUT2D eigenvalue weighted by atomic mass is 35.5. The summed E-state index contributed by atoms with van der Waals surface area (Å²) in [6, 6.07) is 3.51. The molecular weight excluding hydrogens is 1010 g/mol. The molecule has 17 atom stereocenters. The number of aliphatic hydroxyl groups is 3. The van der Waals surface area contributed by atoms with Gasteiger partial charge in [0.05, 0.1) is 40.5 Å². The smallest absolute Gasteiger partial charge is 0.329 e. The summed E-state index contributed by atoms with van der Waals surface area (Å²) >= 11 is 13.6. The lowest BCUT2D eigenvalue weighted by molar-refractivity contribution is -0.265. The Hall–Kier alpha value is -3.55. The van der Waals surface area contributed by atoms with Crippen LogP contribution in [0, 0.1) is 35.5 Å². The second kappa shape index (κ2) is 26.9. The number of carbonyl (C=O) groups is 5. The number of halogens is 2. The molecule has 7 rings (SSSR count). The first-order valence-electron chi connectivity index (χ1n) is 26.9. The maximum Gasteiger partial charge on any atom is 0.329 e. The maximum atomic E-state index is 14.5. The predicted octanol–water partition coefficient (Wildman–Crippen LogP) is 8.12. The van der Waals surface area contributed by atoms with Crippen molar-refractivity contribution in [3.63, 3.8) is 0 Å². The molecule has 0 aromatic heterocycles. The van der Waals surface area contributed by atoms with Gasteiger partial charge in [0.1, 0.15) is 41.9 Å². The highest BCUT2D eigenvalue weighted by molar-refractivity contribution is 6.39. The lowest BCUT2D eigenvalue weighted by Gasteiger charge is -2.43. The molecule has 1 saturated carbocycles. The van der Waals surface area contributed by atoms with Crippen molar-refractivity contribution in [1.29, 1.82) is 0 Å². The number of para-hydroxylation sites is 1. The van der Waals surface area contributed by atoms with Gasteiger partial charge >= 0.3 is 5.97 Å². The third kappa shape index (κ3) is 14.4. The average Bonchev–Trinajstić information content (AvgIpc) is 3.38. The number of benzene rings is 1. The van der Waals surface area contributed by atoms with Crippen LogP contribution in [-0.2, 0) is 52.5 Å². The van der Waals surface area contributed by atoms with Gasteiger partial charge < -0.3 is 43.9 Å². The predicted molar refractivity (Wildman–Crippen MR) is 284 cm³/mol. The molecular formula is C57H82Cl2N2O14. The number of amides is 1. The fraction of sp³-hybridized carbons (Fsp3) is 0.702. The van der Waals surface area contributed by atoms with E-state index in [4.69, 9.17) is 51.7 Å². The van der Waals surface area contributed by atoms with E-state index in [-0.39, 0.29) is 61.2 Å². The zero-order valence-electron chi connectivity index (χ0n) is 45.5. The quantitative estimate of drug-likeness (QED) is 0.134. The molecule has 6 aliphatic rings. The van der Waals surface area contributed by atoms with Crippen LogP contribution in [-0.4, -0.2) is 144 Å². The van der Waals surface area contributed by atoms with Gasteiger partial charge in [0, 0.05) is 58.5 Å². The van der Waals surface area contributed by atoms with E-state index in [2.05, 4.69) is 0 Å². The van der Waals surface area contributed by atoms with Crippen LogP contribution >= 0.6 is 23.2 Å². The van der Waals surface area contributed by atoms with Gasteiger partial charge in [0.25, 0.3) is 11.7 Å². The summed E-state index contributed by atoms with van der Waals surface area (Å²) in [5.41, 5.74) is 1.53. The van der Waals surface area contributed by atoms with Crippen molar-refractivity contribution in [1.82, 2.24) is 4.90 Å². The molecule has 1 aliphatic carbocycles. The van der Waals surface area contributed by atoms with Crippen molar-refractivity contribution in [3.05, 3.63) is 63.7 Å². The number of esters is 1. The molecule has 2 saturated heterocycles. The molecule has 3 N–H and O–H groups in total. The van der Waals surface area contributed by atoms with E-state index in [0.717, 1.165) is 5.57 Å². The van der Waals surface area contributed by atoms with Gasteiger partial charge in [0.2, 0.25) is 5.79 Å². The van der Waals surface area contributed by atoms with Gasteiger partial charge in [0.15, 0.2) is 5.78 Å². The summed E-state index contributed by atoms with van der Waals surface area (Å²) in [7, 11) is 4.47. The van der Waals surface area contributed by atoms with E-state index < -0.39 is 96.0 Å². The number of ketones is 3. The van der Waals surface area contributed by atoms with Crippen molar-refractivity contribution in [2.24, 2.45) is 35.5 Å². The van der Waals surface area contributed by atoms with E-state index >= 15 is 0 Å². The molecule has 418 valence electrons. The summed E-state index contributed by atoms with van der Waals surface area (Å²) < 4.78 is 29.8. The van der Waals surface area contributed by atoms with E-state index in [1.54, 1.807) is 71.3 Å². The van der Waals surface area contributed by atoms with Crippen LogP contribution in [0.5, 0.6) is 0 Å². The number of carbonyl (C=O) groups excluding carboxylic acids is 5. The zero-order valence-corrected chi connectivity index (χ0v) is 47.0. The molecule has 0 radical (unpaired) electrons. The van der Waals surface area contributed by atoms with Crippen LogP contribution in [0.25, 0.3) is 0 Å². The standard InChI is InChI=1S/C57H82Cl2N2O14/c1-31-24-35(5)51(64)53(72-10)52(65)36(6)25-32(2)46(63)30-48(33(3)26-38-18-22-45(62)49(28-38)71-9)73-56(68)44-16-11-12-23-60(44)55(67)54(66)57(69)37(7)17-19-39(74-57)29-47(70-8)34(4)27-40-20-21-43(31)61(75-40)50-41(58)14-13-15-42(50)59/h13-15,20-21,25,27,31-33,35,37-40,43-45,47-49,52-53,62,65,69H,11-12,16-19,22-24,26,28-30H2,1-10H3/t31-,32+,33+,35+,37+,38-,39-,40?,43?,44-,45+,47-,48-,49+,52+,53-,57+/m0/s1. The summed E-state index contributed by atoms with van der Waals surface area (Å²) in [6.45, 7) is 12.6. The van der Waals surface area contributed by atoms with Crippen LogP contribution in [0.4, 0.5) is 5.69 Å². The van der Waals surface area contributed by atoms with Gasteiger partial charge in [-0.2, -0.15) is 0 Å². The van der Waals surface area contributed by atoms with Crippen molar-refractivity contribution < 1.29 is 67.8 Å². The van der Waals surface area contributed by atoms with E-state index in [1.807, 2.05) is 39.0 Å². The number of rotatable bonds is 7. The average molecular weight is 1090 g/mol. The largest absolute Gasteiger partial charge is 0.460 e. The van der Waals surface area contributed by atoms with Gasteiger partial charge in [-0.05, 0) is 125 Å². The number of piperidine rings is 1. The summed E-state index contributed by atoms with van der Waals surface area (Å²) in [5, 5.41) is 36.8. The molecule has 3 fully saturated rings. The fourth-order valence-electron chi connectivity index (χ4n) is 11.9. The molecule has 5 aliphatic heterocycles. The maximum absolute atomic E-state index is 14.5. The monoisotopic (exact) mass is 1090 g/mol. The fourth-order valence-corrected chi connectivity index (χ4v) is 12.4. The Labute approximate surface area is 453 Å². The van der Waals surface area contributed by atoms with Crippen molar-refractivity contribution in [2.75, 3.05) is 32.9 Å². The number of hydrogen-bond donors (Lipinski definition) is 3. The molecule has 4 bridgehead atoms. The normalized spacial score (nSPS) is 37.2. The van der Waals surface area contributed by atoms with E-state index in [1.165, 1.54) is 12.0 Å².